The number of hydrogen-bond acceptors (Lipinski definition) is 12. The number of para-hydroxylation sites is 1. The summed E-state index contributed by atoms with van der Waals surface area (Å²) in [5, 5.41) is 0.121. The zero-order chi connectivity index (χ0) is 29.6. The van der Waals surface area contributed by atoms with Crippen LogP contribution in [0.15, 0.2) is 53.4 Å². The Morgan fingerprint density at radius 3 is 2.12 bits per heavy atom. The van der Waals surface area contributed by atoms with Gasteiger partial charge in [0.15, 0.2) is 0 Å². The molecule has 0 saturated carbocycles. The summed E-state index contributed by atoms with van der Waals surface area (Å²) < 4.78 is 22.7. The van der Waals surface area contributed by atoms with Gasteiger partial charge in [-0.1, -0.05) is 35.9 Å². The molecule has 6 rings (SSSR count). The number of halogens is 1. The smallest absolute Gasteiger partial charge is 0.328 e. The Morgan fingerprint density at radius 1 is 0.860 bits per heavy atom. The predicted octanol–water partition coefficient (Wildman–Crippen LogP) is 4.11. The van der Waals surface area contributed by atoms with Gasteiger partial charge in [0.2, 0.25) is 11.9 Å². The Kier molecular flexibility index (Phi) is 9.22. The number of benzene rings is 2. The maximum atomic E-state index is 12.9. The summed E-state index contributed by atoms with van der Waals surface area (Å²) in [4.78, 5) is 44.9. The van der Waals surface area contributed by atoms with E-state index in [1.54, 1.807) is 54.6 Å². The van der Waals surface area contributed by atoms with Crippen LogP contribution in [0, 0.1) is 0 Å². The highest BCUT2D eigenvalue weighted by Gasteiger charge is 2.34. The number of rotatable bonds is 9. The fraction of sp³-hybridized carbons (Fsp3) is 0.345. The lowest BCUT2D eigenvalue weighted by Crippen LogP contribution is -2.40. The average Bonchev–Trinajstić information content (AvgIpc) is 3.31. The highest BCUT2D eigenvalue weighted by atomic mass is 35.5. The van der Waals surface area contributed by atoms with Gasteiger partial charge >= 0.3 is 6.01 Å². The number of nitrogens with zero attached hydrogens (tertiary/aromatic N) is 6. The van der Waals surface area contributed by atoms with Gasteiger partial charge in [-0.15, -0.1) is 0 Å². The van der Waals surface area contributed by atoms with E-state index in [0.29, 0.717) is 85.9 Å². The van der Waals surface area contributed by atoms with Gasteiger partial charge in [-0.05, 0) is 47.7 Å². The molecule has 0 unspecified atom stereocenters. The molecule has 14 heteroatoms. The van der Waals surface area contributed by atoms with Crippen LogP contribution in [-0.2, 0) is 14.3 Å². The minimum absolute atomic E-state index is 0.116. The fourth-order valence-corrected chi connectivity index (χ4v) is 5.64. The Hall–Kier alpha value is -3.91. The largest absolute Gasteiger partial charge is 0.490 e. The van der Waals surface area contributed by atoms with E-state index in [-0.39, 0.29) is 30.3 Å². The first-order valence-corrected chi connectivity index (χ1v) is 15.0. The predicted molar refractivity (Wildman–Crippen MR) is 162 cm³/mol. The normalized spacial score (nSPS) is 18.4. The highest BCUT2D eigenvalue weighted by molar-refractivity contribution is 8.18. The van der Waals surface area contributed by atoms with E-state index in [9.17, 15) is 9.59 Å². The number of carbonyl (C=O) groups excluding carboxylic acids is 2. The third-order valence-electron chi connectivity index (χ3n) is 6.85. The summed E-state index contributed by atoms with van der Waals surface area (Å²) in [5.41, 5.74) is 0.740. The minimum atomic E-state index is -0.366. The van der Waals surface area contributed by atoms with Gasteiger partial charge in [-0.2, -0.15) is 15.0 Å². The molecular weight excluding hydrogens is 596 g/mol. The maximum Gasteiger partial charge on any atom is 0.328 e. The second-order valence-electron chi connectivity index (χ2n) is 9.70. The molecule has 4 heterocycles. The zero-order valence-corrected chi connectivity index (χ0v) is 24.8. The van der Waals surface area contributed by atoms with E-state index >= 15 is 0 Å². The molecule has 0 atom stereocenters. The zero-order valence-electron chi connectivity index (χ0n) is 23.2. The summed E-state index contributed by atoms with van der Waals surface area (Å²) in [7, 11) is 0. The van der Waals surface area contributed by atoms with Crippen molar-refractivity contribution in [2.45, 2.75) is 0 Å². The lowest BCUT2D eigenvalue weighted by atomic mass is 10.2. The quantitative estimate of drug-likeness (QED) is 0.319. The van der Waals surface area contributed by atoms with Crippen molar-refractivity contribution in [3.05, 3.63) is 64.0 Å². The first-order chi connectivity index (χ1) is 21.0. The highest BCUT2D eigenvalue weighted by Crippen LogP contribution is 2.33. The van der Waals surface area contributed by atoms with Crippen LogP contribution >= 0.6 is 23.4 Å². The SMILES string of the molecule is O=C1S/C(=C\c2ccc(Oc3nc(N4CCOCC4)nc(N4CCOCC4)n3)cc2)C(=O)N1CCOc1ccccc1Cl. The topological polar surface area (TPSA) is 119 Å². The second-order valence-corrected chi connectivity index (χ2v) is 11.1. The van der Waals surface area contributed by atoms with Gasteiger partial charge in [0.05, 0.1) is 42.9 Å². The summed E-state index contributed by atoms with van der Waals surface area (Å²) in [6.07, 6.45) is 1.68. The van der Waals surface area contributed by atoms with E-state index in [0.717, 1.165) is 17.3 Å². The van der Waals surface area contributed by atoms with Crippen molar-refractivity contribution in [1.29, 1.82) is 0 Å². The molecule has 2 amide bonds. The molecule has 0 radical (unpaired) electrons. The third-order valence-corrected chi connectivity index (χ3v) is 8.07. The van der Waals surface area contributed by atoms with Crippen molar-refractivity contribution in [1.82, 2.24) is 19.9 Å². The monoisotopic (exact) mass is 624 g/mol. The van der Waals surface area contributed by atoms with Crippen molar-refractivity contribution in [3.63, 3.8) is 0 Å². The lowest BCUT2D eigenvalue weighted by molar-refractivity contribution is -0.123. The standard InChI is InChI=1S/C29H29ClN6O6S/c30-22-3-1-2-4-23(22)41-18-13-36-25(37)24(43-29(36)38)19-20-5-7-21(8-6-20)42-28-32-26(34-9-14-39-15-10-34)31-27(33-28)35-11-16-40-17-12-35/h1-8,19H,9-18H2/b24-19-. The second kappa shape index (κ2) is 13.6. The van der Waals surface area contributed by atoms with Crippen molar-refractivity contribution >= 4 is 52.5 Å². The van der Waals surface area contributed by atoms with Crippen molar-refractivity contribution in [2.24, 2.45) is 0 Å². The van der Waals surface area contributed by atoms with Crippen LogP contribution in [-0.4, -0.2) is 96.8 Å². The van der Waals surface area contributed by atoms with Gasteiger partial charge in [0.1, 0.15) is 18.1 Å². The number of morpholine rings is 2. The van der Waals surface area contributed by atoms with Crippen LogP contribution in [0.25, 0.3) is 6.08 Å². The van der Waals surface area contributed by atoms with Crippen LogP contribution in [0.4, 0.5) is 16.7 Å². The Labute approximate surface area is 257 Å². The van der Waals surface area contributed by atoms with Crippen LogP contribution < -0.4 is 19.3 Å². The van der Waals surface area contributed by atoms with Crippen molar-refractivity contribution in [3.8, 4) is 17.5 Å². The molecule has 2 aromatic carbocycles. The summed E-state index contributed by atoms with van der Waals surface area (Å²) in [6, 6.07) is 14.4. The summed E-state index contributed by atoms with van der Waals surface area (Å²) >= 11 is 7.00. The maximum absolute atomic E-state index is 12.9. The van der Waals surface area contributed by atoms with Crippen LogP contribution in [0.5, 0.6) is 17.5 Å². The number of aromatic nitrogens is 3. The minimum Gasteiger partial charge on any atom is -0.490 e. The van der Waals surface area contributed by atoms with E-state index in [1.165, 1.54) is 4.90 Å². The molecule has 3 aromatic rings. The number of thioether (sulfide) groups is 1. The molecular formula is C29H29ClN6O6S. The molecule has 3 fully saturated rings. The number of ether oxygens (including phenoxy) is 4. The molecule has 3 aliphatic heterocycles. The lowest BCUT2D eigenvalue weighted by Gasteiger charge is -2.30. The molecule has 0 N–H and O–H groups in total. The first-order valence-electron chi connectivity index (χ1n) is 13.9. The number of imide groups is 1. The van der Waals surface area contributed by atoms with Gasteiger partial charge in [-0.3, -0.25) is 14.5 Å². The Morgan fingerprint density at radius 2 is 1.49 bits per heavy atom. The van der Waals surface area contributed by atoms with Gasteiger partial charge in [0.25, 0.3) is 11.1 Å². The fourth-order valence-electron chi connectivity index (χ4n) is 4.58. The number of hydrogen-bond donors (Lipinski definition) is 0. The molecule has 0 aliphatic carbocycles. The van der Waals surface area contributed by atoms with Crippen molar-refractivity contribution in [2.75, 3.05) is 75.6 Å². The van der Waals surface area contributed by atoms with Crippen LogP contribution in [0.1, 0.15) is 5.56 Å². The van der Waals surface area contributed by atoms with Crippen LogP contribution in [0.3, 0.4) is 0 Å². The van der Waals surface area contributed by atoms with E-state index in [2.05, 4.69) is 19.8 Å². The van der Waals surface area contributed by atoms with Gasteiger partial charge < -0.3 is 28.7 Å². The number of amides is 2. The Balaban J connectivity index is 1.12. The first kappa shape index (κ1) is 29.2. The average molecular weight is 625 g/mol. The molecule has 43 heavy (non-hydrogen) atoms. The molecule has 3 aliphatic rings. The summed E-state index contributed by atoms with van der Waals surface area (Å²) in [6.45, 7) is 5.39. The number of carbonyl (C=O) groups is 2. The summed E-state index contributed by atoms with van der Waals surface area (Å²) in [5.74, 6) is 1.74. The van der Waals surface area contributed by atoms with Gasteiger partial charge in [0, 0.05) is 26.2 Å². The third kappa shape index (κ3) is 7.19. The van der Waals surface area contributed by atoms with E-state index in [4.69, 9.17) is 35.5 Å². The van der Waals surface area contributed by atoms with Crippen molar-refractivity contribution < 1.29 is 28.5 Å². The molecule has 12 nitrogen and oxygen atoms in total. The molecule has 0 bridgehead atoms. The van der Waals surface area contributed by atoms with E-state index < -0.39 is 0 Å². The Bertz CT molecular complexity index is 1460. The molecule has 0 spiro atoms. The van der Waals surface area contributed by atoms with Gasteiger partial charge in [-0.25, -0.2) is 0 Å². The number of anilines is 2. The molecule has 224 valence electrons. The van der Waals surface area contributed by atoms with Crippen LogP contribution in [0.2, 0.25) is 5.02 Å². The molecule has 1 aromatic heterocycles. The molecule has 3 saturated heterocycles. The van der Waals surface area contributed by atoms with E-state index in [1.807, 2.05) is 0 Å².